The van der Waals surface area contributed by atoms with E-state index in [4.69, 9.17) is 10.5 Å². The minimum absolute atomic E-state index is 0.376. The summed E-state index contributed by atoms with van der Waals surface area (Å²) in [4.78, 5) is 8.39. The lowest BCUT2D eigenvalue weighted by Crippen LogP contribution is -2.11. The number of nitrogens with zero attached hydrogens (tertiary/aromatic N) is 2. The summed E-state index contributed by atoms with van der Waals surface area (Å²) >= 11 is 1.86. The largest absolute Gasteiger partial charge is 0.384 e. The Kier molecular flexibility index (Phi) is 6.07. The van der Waals surface area contributed by atoms with Crippen molar-refractivity contribution in [2.45, 2.75) is 25.2 Å². The van der Waals surface area contributed by atoms with Gasteiger partial charge in [-0.2, -0.15) is 11.8 Å². The average molecular weight is 256 g/mol. The maximum Gasteiger partial charge on any atom is 0.158 e. The van der Waals surface area contributed by atoms with Gasteiger partial charge in [-0.3, -0.25) is 0 Å². The second kappa shape index (κ2) is 7.34. The minimum atomic E-state index is 0.376. The average Bonchev–Trinajstić information content (AvgIpc) is 2.28. The summed E-state index contributed by atoms with van der Waals surface area (Å²) in [7, 11) is 1.61. The van der Waals surface area contributed by atoms with Gasteiger partial charge < -0.3 is 15.8 Å². The molecule has 5 nitrogen and oxygen atoms in total. The molecule has 0 fully saturated rings. The summed E-state index contributed by atoms with van der Waals surface area (Å²) in [6.45, 7) is 3.46. The summed E-state index contributed by atoms with van der Waals surface area (Å²) in [6, 6.07) is 1.74. The van der Waals surface area contributed by atoms with Crippen LogP contribution in [0.4, 0.5) is 11.6 Å². The molecule has 0 saturated carbocycles. The van der Waals surface area contributed by atoms with E-state index in [2.05, 4.69) is 28.5 Å². The van der Waals surface area contributed by atoms with E-state index in [1.165, 1.54) is 0 Å². The fourth-order valence-electron chi connectivity index (χ4n) is 1.32. The Balaban J connectivity index is 2.52. The Morgan fingerprint density at radius 2 is 2.29 bits per heavy atom. The third-order valence-corrected chi connectivity index (χ3v) is 3.37. The van der Waals surface area contributed by atoms with Gasteiger partial charge in [-0.1, -0.05) is 6.92 Å². The van der Waals surface area contributed by atoms with Crippen molar-refractivity contribution < 1.29 is 4.74 Å². The van der Waals surface area contributed by atoms with Crippen molar-refractivity contribution in [1.82, 2.24) is 9.97 Å². The zero-order valence-corrected chi connectivity index (χ0v) is 11.4. The molecule has 96 valence electrons. The van der Waals surface area contributed by atoms with Crippen LogP contribution >= 0.6 is 11.8 Å². The Morgan fingerprint density at radius 1 is 1.53 bits per heavy atom. The molecule has 0 aliphatic rings. The second-order valence-corrected chi connectivity index (χ2v) is 5.07. The van der Waals surface area contributed by atoms with Crippen LogP contribution in [0.3, 0.4) is 0 Å². The van der Waals surface area contributed by atoms with Crippen LogP contribution < -0.4 is 11.1 Å². The summed E-state index contributed by atoms with van der Waals surface area (Å²) in [5.74, 6) is 1.83. The third kappa shape index (κ3) is 5.23. The zero-order chi connectivity index (χ0) is 12.7. The molecule has 1 atom stereocenters. The summed E-state index contributed by atoms with van der Waals surface area (Å²) in [5.41, 5.74) is 5.70. The highest BCUT2D eigenvalue weighted by atomic mass is 32.2. The number of anilines is 2. The monoisotopic (exact) mass is 256 g/mol. The van der Waals surface area contributed by atoms with Crippen LogP contribution in [0.15, 0.2) is 6.07 Å². The molecule has 0 saturated heterocycles. The number of nitrogens with one attached hydrogen (secondary N) is 1. The van der Waals surface area contributed by atoms with Crippen molar-refractivity contribution in [3.8, 4) is 0 Å². The Labute approximate surface area is 107 Å². The van der Waals surface area contributed by atoms with Gasteiger partial charge in [0, 0.05) is 25.0 Å². The first-order valence-electron chi connectivity index (χ1n) is 5.54. The molecule has 0 aliphatic heterocycles. The van der Waals surface area contributed by atoms with Crippen molar-refractivity contribution in [3.63, 3.8) is 0 Å². The lowest BCUT2D eigenvalue weighted by Gasteiger charge is -2.10. The molecule has 0 radical (unpaired) electrons. The Hall–Kier alpha value is -1.01. The number of nitrogens with two attached hydrogens (primary N) is 1. The molecule has 1 unspecified atom stereocenters. The van der Waals surface area contributed by atoms with E-state index < -0.39 is 0 Å². The molecule has 1 aromatic rings. The van der Waals surface area contributed by atoms with Gasteiger partial charge in [-0.15, -0.1) is 0 Å². The molecule has 0 aliphatic carbocycles. The van der Waals surface area contributed by atoms with E-state index in [9.17, 15) is 0 Å². The van der Waals surface area contributed by atoms with Crippen molar-refractivity contribution in [1.29, 1.82) is 0 Å². The lowest BCUT2D eigenvalue weighted by atomic mass is 10.3. The van der Waals surface area contributed by atoms with E-state index in [-0.39, 0.29) is 0 Å². The second-order valence-electron chi connectivity index (χ2n) is 3.79. The number of ether oxygens (including phenoxy) is 1. The molecule has 3 N–H and O–H groups in total. The first kappa shape index (κ1) is 14.1. The fourth-order valence-corrected chi connectivity index (χ4v) is 1.68. The van der Waals surface area contributed by atoms with Gasteiger partial charge >= 0.3 is 0 Å². The molecule has 0 bridgehead atoms. The lowest BCUT2D eigenvalue weighted by molar-refractivity contribution is 0.178. The zero-order valence-electron chi connectivity index (χ0n) is 10.6. The molecule has 1 rings (SSSR count). The summed E-state index contributed by atoms with van der Waals surface area (Å²) in [5, 5.41) is 3.89. The Morgan fingerprint density at radius 3 is 2.94 bits per heavy atom. The topological polar surface area (TPSA) is 73.1 Å². The van der Waals surface area contributed by atoms with Crippen LogP contribution in [-0.4, -0.2) is 35.1 Å². The first-order chi connectivity index (χ1) is 8.15. The number of thioether (sulfide) groups is 1. The Bertz CT molecular complexity index is 348. The van der Waals surface area contributed by atoms with Crippen LogP contribution in [-0.2, 0) is 11.3 Å². The highest BCUT2D eigenvalue weighted by molar-refractivity contribution is 7.99. The SMILES string of the molecule is COCc1nc(N)cc(NCCC(C)SC)n1. The van der Waals surface area contributed by atoms with Crippen LogP contribution in [0.25, 0.3) is 0 Å². The molecular formula is C11H20N4OS. The van der Waals surface area contributed by atoms with Gasteiger partial charge in [-0.05, 0) is 12.7 Å². The highest BCUT2D eigenvalue weighted by Crippen LogP contribution is 2.12. The minimum Gasteiger partial charge on any atom is -0.384 e. The number of nitrogen functional groups attached to an aromatic ring is 1. The summed E-state index contributed by atoms with van der Waals surface area (Å²) in [6.07, 6.45) is 3.20. The normalized spacial score (nSPS) is 12.4. The van der Waals surface area contributed by atoms with Gasteiger partial charge in [0.25, 0.3) is 0 Å². The van der Waals surface area contributed by atoms with Gasteiger partial charge in [0.05, 0.1) is 0 Å². The maximum absolute atomic E-state index is 5.70. The van der Waals surface area contributed by atoms with Gasteiger partial charge in [0.1, 0.15) is 18.2 Å². The van der Waals surface area contributed by atoms with Gasteiger partial charge in [0.2, 0.25) is 0 Å². The smallest absolute Gasteiger partial charge is 0.158 e. The number of hydrogen-bond acceptors (Lipinski definition) is 6. The predicted octanol–water partition coefficient (Wildman–Crippen LogP) is 1.76. The van der Waals surface area contributed by atoms with Crippen molar-refractivity contribution in [2.75, 3.05) is 31.0 Å². The predicted molar refractivity (Wildman–Crippen MR) is 73.2 cm³/mol. The number of hydrogen-bond donors (Lipinski definition) is 2. The molecule has 0 spiro atoms. The highest BCUT2D eigenvalue weighted by Gasteiger charge is 2.03. The van der Waals surface area contributed by atoms with Crippen LogP contribution in [0.2, 0.25) is 0 Å². The standard InChI is InChI=1S/C11H20N4OS/c1-8(17-3)4-5-13-10-6-9(12)14-11(15-10)7-16-2/h6,8H,4-5,7H2,1-3H3,(H3,12,13,14,15). The number of aromatic nitrogens is 2. The van der Waals surface area contributed by atoms with E-state index in [1.54, 1.807) is 13.2 Å². The van der Waals surface area contributed by atoms with Crippen molar-refractivity contribution in [3.05, 3.63) is 11.9 Å². The number of methoxy groups -OCH3 is 1. The molecule has 1 aromatic heterocycles. The van der Waals surface area contributed by atoms with Gasteiger partial charge in [0.15, 0.2) is 5.82 Å². The molecular weight excluding hydrogens is 236 g/mol. The molecule has 17 heavy (non-hydrogen) atoms. The molecule has 0 aromatic carbocycles. The molecule has 6 heteroatoms. The van der Waals surface area contributed by atoms with Crippen LogP contribution in [0.5, 0.6) is 0 Å². The van der Waals surface area contributed by atoms with Crippen LogP contribution in [0, 0.1) is 0 Å². The summed E-state index contributed by atoms with van der Waals surface area (Å²) < 4.78 is 4.99. The van der Waals surface area contributed by atoms with E-state index in [0.717, 1.165) is 18.8 Å². The fraction of sp³-hybridized carbons (Fsp3) is 0.636. The van der Waals surface area contributed by atoms with Gasteiger partial charge in [-0.25, -0.2) is 9.97 Å². The van der Waals surface area contributed by atoms with Crippen LogP contribution in [0.1, 0.15) is 19.2 Å². The quantitative estimate of drug-likeness (QED) is 0.774. The molecule has 0 amide bonds. The molecule has 1 heterocycles. The van der Waals surface area contributed by atoms with E-state index >= 15 is 0 Å². The third-order valence-electron chi connectivity index (χ3n) is 2.33. The van der Waals surface area contributed by atoms with E-state index in [0.29, 0.717) is 23.5 Å². The first-order valence-corrected chi connectivity index (χ1v) is 6.83. The number of rotatable bonds is 7. The van der Waals surface area contributed by atoms with Crippen molar-refractivity contribution in [2.24, 2.45) is 0 Å². The maximum atomic E-state index is 5.70. The van der Waals surface area contributed by atoms with Crippen molar-refractivity contribution >= 4 is 23.4 Å². The van der Waals surface area contributed by atoms with E-state index in [1.807, 2.05) is 11.8 Å².